The first-order valence-electron chi connectivity index (χ1n) is 5.14. The first-order valence-corrected chi connectivity index (χ1v) is 5.52. The number of ether oxygens (including phenoxy) is 2. The molecule has 0 aliphatic carbocycles. The normalized spacial score (nSPS) is 28.9. The van der Waals surface area contributed by atoms with Gasteiger partial charge in [0, 0.05) is 22.4 Å². The van der Waals surface area contributed by atoms with Gasteiger partial charge in [0.2, 0.25) is 0 Å². The number of benzene rings is 1. The van der Waals surface area contributed by atoms with Crippen molar-refractivity contribution in [1.29, 1.82) is 0 Å². The first kappa shape index (κ1) is 12.3. The molecule has 5 nitrogen and oxygen atoms in total. The number of nitrogens with zero attached hydrogens (tertiary/aromatic N) is 1. The highest BCUT2D eigenvalue weighted by atomic mass is 35.5. The molecule has 1 aromatic rings. The van der Waals surface area contributed by atoms with Gasteiger partial charge in [-0.1, -0.05) is 23.7 Å². The van der Waals surface area contributed by atoms with Gasteiger partial charge in [0.25, 0.3) is 5.54 Å². The molecule has 0 saturated carbocycles. The van der Waals surface area contributed by atoms with E-state index < -0.39 is 11.8 Å². The van der Waals surface area contributed by atoms with Crippen molar-refractivity contribution in [2.45, 2.75) is 18.8 Å². The molecular formula is C11H12ClNO4. The summed E-state index contributed by atoms with van der Waals surface area (Å²) in [6.45, 7) is 1.58. The highest BCUT2D eigenvalue weighted by Gasteiger charge is 2.43. The molecule has 0 N–H and O–H groups in total. The van der Waals surface area contributed by atoms with Crippen LogP contribution in [0.25, 0.3) is 0 Å². The molecule has 0 atom stereocenters. The molecule has 17 heavy (non-hydrogen) atoms. The fourth-order valence-electron chi connectivity index (χ4n) is 1.52. The van der Waals surface area contributed by atoms with Gasteiger partial charge in [-0.15, -0.1) is 0 Å². The standard InChI is InChI=1S/C11H12ClNO4/c1-11(13(14)15)6-16-10(17-7-11)8-2-4-9(12)5-3-8/h2-5,10H,6-7H2,1H3. The van der Waals surface area contributed by atoms with E-state index in [9.17, 15) is 10.1 Å². The first-order chi connectivity index (χ1) is 8.01. The van der Waals surface area contributed by atoms with Crippen molar-refractivity contribution in [1.82, 2.24) is 0 Å². The molecule has 6 heteroatoms. The predicted molar refractivity (Wildman–Crippen MR) is 61.5 cm³/mol. The lowest BCUT2D eigenvalue weighted by molar-refractivity contribution is -0.587. The predicted octanol–water partition coefficient (Wildman–Crippen LogP) is 2.42. The van der Waals surface area contributed by atoms with Gasteiger partial charge in [0.05, 0.1) is 0 Å². The summed E-state index contributed by atoms with van der Waals surface area (Å²) in [5.41, 5.74) is -0.358. The molecule has 1 saturated heterocycles. The Kier molecular flexibility index (Phi) is 3.33. The highest BCUT2D eigenvalue weighted by Crippen LogP contribution is 2.28. The second-order valence-corrected chi connectivity index (χ2v) is 4.70. The Balaban J connectivity index is 2.04. The van der Waals surface area contributed by atoms with Gasteiger partial charge in [0.15, 0.2) is 6.29 Å². The van der Waals surface area contributed by atoms with E-state index in [0.717, 1.165) is 5.56 Å². The van der Waals surface area contributed by atoms with E-state index in [1.54, 1.807) is 24.3 Å². The third kappa shape index (κ3) is 2.57. The van der Waals surface area contributed by atoms with Gasteiger partial charge in [-0.05, 0) is 12.1 Å². The molecule has 92 valence electrons. The van der Waals surface area contributed by atoms with Gasteiger partial charge >= 0.3 is 0 Å². The molecule has 0 amide bonds. The van der Waals surface area contributed by atoms with Crippen LogP contribution in [-0.4, -0.2) is 23.7 Å². The zero-order valence-corrected chi connectivity index (χ0v) is 10.0. The lowest BCUT2D eigenvalue weighted by Gasteiger charge is -2.31. The molecule has 0 aromatic heterocycles. The maximum absolute atomic E-state index is 10.8. The summed E-state index contributed by atoms with van der Waals surface area (Å²) >= 11 is 5.77. The van der Waals surface area contributed by atoms with Crippen LogP contribution >= 0.6 is 11.6 Å². The van der Waals surface area contributed by atoms with Gasteiger partial charge in [-0.25, -0.2) is 0 Å². The third-order valence-corrected chi connectivity index (χ3v) is 2.93. The number of hydrogen-bond acceptors (Lipinski definition) is 4. The summed E-state index contributed by atoms with van der Waals surface area (Å²) in [4.78, 5) is 10.4. The molecule has 1 aliphatic rings. The molecular weight excluding hydrogens is 246 g/mol. The highest BCUT2D eigenvalue weighted by molar-refractivity contribution is 6.30. The van der Waals surface area contributed by atoms with Crippen molar-refractivity contribution in [2.24, 2.45) is 0 Å². The fourth-order valence-corrected chi connectivity index (χ4v) is 1.64. The minimum absolute atomic E-state index is 0.0350. The second kappa shape index (κ2) is 4.60. The summed E-state index contributed by atoms with van der Waals surface area (Å²) in [5.74, 6) is 0. The van der Waals surface area contributed by atoms with Crippen LogP contribution in [-0.2, 0) is 9.47 Å². The molecule has 1 fully saturated rings. The van der Waals surface area contributed by atoms with E-state index in [2.05, 4.69) is 0 Å². The quantitative estimate of drug-likeness (QED) is 0.603. The minimum Gasteiger partial charge on any atom is -0.341 e. The Morgan fingerprint density at radius 3 is 2.35 bits per heavy atom. The molecule has 0 radical (unpaired) electrons. The fraction of sp³-hybridized carbons (Fsp3) is 0.455. The van der Waals surface area contributed by atoms with Crippen LogP contribution in [0.5, 0.6) is 0 Å². The van der Waals surface area contributed by atoms with Gasteiger partial charge in [-0.2, -0.15) is 0 Å². The van der Waals surface area contributed by atoms with Crippen LogP contribution in [0.2, 0.25) is 5.02 Å². The summed E-state index contributed by atoms with van der Waals surface area (Å²) in [7, 11) is 0. The number of hydrogen-bond donors (Lipinski definition) is 0. The number of halogens is 1. The van der Waals surface area contributed by atoms with Gasteiger partial charge in [0.1, 0.15) is 13.2 Å². The van der Waals surface area contributed by atoms with E-state index in [0.29, 0.717) is 5.02 Å². The summed E-state index contributed by atoms with van der Waals surface area (Å²) in [5, 5.41) is 11.4. The van der Waals surface area contributed by atoms with Crippen molar-refractivity contribution < 1.29 is 14.4 Å². The summed E-state index contributed by atoms with van der Waals surface area (Å²) < 4.78 is 10.7. The van der Waals surface area contributed by atoms with Crippen LogP contribution in [0.4, 0.5) is 0 Å². The molecule has 1 aliphatic heterocycles. The van der Waals surface area contributed by atoms with Crippen LogP contribution in [0.15, 0.2) is 24.3 Å². The Morgan fingerprint density at radius 1 is 1.35 bits per heavy atom. The zero-order valence-electron chi connectivity index (χ0n) is 9.26. The molecule has 0 unspecified atom stereocenters. The SMILES string of the molecule is CC1([N+](=O)[O-])COC(c2ccc(Cl)cc2)OC1. The molecule has 2 rings (SSSR count). The van der Waals surface area contributed by atoms with E-state index in [4.69, 9.17) is 21.1 Å². The average molecular weight is 258 g/mol. The summed E-state index contributed by atoms with van der Waals surface area (Å²) in [6, 6.07) is 7.01. The van der Waals surface area contributed by atoms with Crippen molar-refractivity contribution in [3.63, 3.8) is 0 Å². The lowest BCUT2D eigenvalue weighted by Crippen LogP contribution is -2.48. The monoisotopic (exact) mass is 257 g/mol. The average Bonchev–Trinajstić information content (AvgIpc) is 2.31. The van der Waals surface area contributed by atoms with Crippen molar-refractivity contribution >= 4 is 11.6 Å². The van der Waals surface area contributed by atoms with E-state index >= 15 is 0 Å². The summed E-state index contributed by atoms with van der Waals surface area (Å²) in [6.07, 6.45) is -0.555. The molecule has 1 heterocycles. The smallest absolute Gasteiger partial charge is 0.265 e. The minimum atomic E-state index is -1.16. The topological polar surface area (TPSA) is 61.6 Å². The maximum Gasteiger partial charge on any atom is 0.265 e. The third-order valence-electron chi connectivity index (χ3n) is 2.67. The molecule has 0 bridgehead atoms. The Bertz CT molecular complexity index is 412. The van der Waals surface area contributed by atoms with Crippen molar-refractivity contribution in [3.05, 3.63) is 45.0 Å². The number of nitro groups is 1. The van der Waals surface area contributed by atoms with Crippen LogP contribution in [0.3, 0.4) is 0 Å². The van der Waals surface area contributed by atoms with E-state index in [-0.39, 0.29) is 18.1 Å². The maximum atomic E-state index is 10.8. The molecule has 1 aromatic carbocycles. The number of rotatable bonds is 2. The van der Waals surface area contributed by atoms with E-state index in [1.165, 1.54) is 6.92 Å². The van der Waals surface area contributed by atoms with Crippen molar-refractivity contribution in [2.75, 3.05) is 13.2 Å². The Hall–Kier alpha value is -1.17. The Morgan fingerprint density at radius 2 is 1.88 bits per heavy atom. The second-order valence-electron chi connectivity index (χ2n) is 4.26. The largest absolute Gasteiger partial charge is 0.341 e. The van der Waals surface area contributed by atoms with Crippen LogP contribution in [0, 0.1) is 10.1 Å². The molecule has 0 spiro atoms. The van der Waals surface area contributed by atoms with Gasteiger partial charge in [-0.3, -0.25) is 10.1 Å². The van der Waals surface area contributed by atoms with Crippen LogP contribution in [0.1, 0.15) is 18.8 Å². The van der Waals surface area contributed by atoms with E-state index in [1.807, 2.05) is 0 Å². The van der Waals surface area contributed by atoms with Gasteiger partial charge < -0.3 is 9.47 Å². The van der Waals surface area contributed by atoms with Crippen LogP contribution < -0.4 is 0 Å². The van der Waals surface area contributed by atoms with Crippen molar-refractivity contribution in [3.8, 4) is 0 Å². The Labute approximate surface area is 103 Å². The lowest BCUT2D eigenvalue weighted by atomic mass is 10.1. The zero-order chi connectivity index (χ0) is 12.5.